The molecule has 0 bridgehead atoms. The fourth-order valence-corrected chi connectivity index (χ4v) is 4.50. The van der Waals surface area contributed by atoms with Crippen LogP contribution in [-0.2, 0) is 6.54 Å². The first-order valence-electron chi connectivity index (χ1n) is 12.4. The number of aryl methyl sites for hydroxylation is 1. The molecule has 8 heteroatoms. The molecular weight excluding hydrogens is 469 g/mol. The first kappa shape index (κ1) is 26.2. The van der Waals surface area contributed by atoms with Gasteiger partial charge in [-0.1, -0.05) is 61.9 Å². The number of hydrogen-bond acceptors (Lipinski definition) is 5. The molecule has 2 aromatic carbocycles. The largest absolute Gasteiger partial charge is 0.328 e. The summed E-state index contributed by atoms with van der Waals surface area (Å²) in [7, 11) is 0. The molecule has 0 radical (unpaired) electrons. The van der Waals surface area contributed by atoms with E-state index in [4.69, 9.17) is 10.7 Å². The molecule has 1 amide bonds. The van der Waals surface area contributed by atoms with Crippen LogP contribution in [0.4, 0.5) is 4.39 Å². The second-order valence-corrected chi connectivity index (χ2v) is 9.59. The number of aromatic nitrogens is 3. The minimum atomic E-state index is -1.44. The van der Waals surface area contributed by atoms with E-state index in [1.807, 2.05) is 63.2 Å². The molecule has 7 nitrogen and oxygen atoms in total. The van der Waals surface area contributed by atoms with Crippen LogP contribution < -0.4 is 11.3 Å². The molecule has 0 spiro atoms. The van der Waals surface area contributed by atoms with Gasteiger partial charge in [-0.2, -0.15) is 0 Å². The van der Waals surface area contributed by atoms with E-state index in [2.05, 4.69) is 4.98 Å². The molecule has 192 valence electrons. The number of pyridine rings is 1. The molecule has 0 aliphatic rings. The number of carbonyl (C=O) groups is 1. The number of carbonyl (C=O) groups excluding carboxylic acids is 1. The lowest BCUT2D eigenvalue weighted by atomic mass is 9.98. The van der Waals surface area contributed by atoms with Crippen LogP contribution in [0.3, 0.4) is 0 Å². The Morgan fingerprint density at radius 1 is 1.08 bits per heavy atom. The Balaban J connectivity index is 1.92. The van der Waals surface area contributed by atoms with Crippen molar-refractivity contribution >= 4 is 16.8 Å². The SMILES string of the molecule is Cc1ccc(C(=O)N(CC(F)CN)C(c2nc3ccncc3c(=O)n2Cc2ccccc2)C(C)C)cc1. The van der Waals surface area contributed by atoms with Gasteiger partial charge < -0.3 is 10.6 Å². The number of fused-ring (bicyclic) bond motifs is 1. The zero-order valence-corrected chi connectivity index (χ0v) is 21.3. The number of halogens is 1. The Morgan fingerprint density at radius 3 is 2.43 bits per heavy atom. The lowest BCUT2D eigenvalue weighted by Crippen LogP contribution is -2.45. The van der Waals surface area contributed by atoms with Gasteiger partial charge in [-0.25, -0.2) is 9.37 Å². The van der Waals surface area contributed by atoms with Crippen LogP contribution in [0.2, 0.25) is 0 Å². The molecule has 2 atom stereocenters. The smallest absolute Gasteiger partial charge is 0.263 e. The highest BCUT2D eigenvalue weighted by molar-refractivity contribution is 5.94. The minimum Gasteiger partial charge on any atom is -0.328 e. The topological polar surface area (TPSA) is 94.1 Å². The highest BCUT2D eigenvalue weighted by Gasteiger charge is 2.34. The second-order valence-electron chi connectivity index (χ2n) is 9.59. The van der Waals surface area contributed by atoms with Crippen LogP contribution in [0.15, 0.2) is 77.9 Å². The van der Waals surface area contributed by atoms with Crippen molar-refractivity contribution in [3.63, 3.8) is 0 Å². The number of amides is 1. The van der Waals surface area contributed by atoms with Gasteiger partial charge in [0.15, 0.2) is 0 Å². The van der Waals surface area contributed by atoms with E-state index < -0.39 is 12.2 Å². The van der Waals surface area contributed by atoms with Crippen molar-refractivity contribution in [1.82, 2.24) is 19.4 Å². The van der Waals surface area contributed by atoms with E-state index in [1.54, 1.807) is 29.0 Å². The first-order chi connectivity index (χ1) is 17.8. The minimum absolute atomic E-state index is 0.187. The van der Waals surface area contributed by atoms with Crippen molar-refractivity contribution in [2.45, 2.75) is 39.5 Å². The van der Waals surface area contributed by atoms with Crippen molar-refractivity contribution in [3.05, 3.63) is 106 Å². The zero-order valence-electron chi connectivity index (χ0n) is 21.3. The number of nitrogens with two attached hydrogens (primary N) is 1. The highest BCUT2D eigenvalue weighted by atomic mass is 19.1. The van der Waals surface area contributed by atoms with E-state index in [9.17, 15) is 14.0 Å². The summed E-state index contributed by atoms with van der Waals surface area (Å²) in [4.78, 5) is 38.0. The van der Waals surface area contributed by atoms with Gasteiger partial charge in [0.05, 0.1) is 30.0 Å². The summed E-state index contributed by atoms with van der Waals surface area (Å²) in [5.41, 5.74) is 8.19. The normalized spacial score (nSPS) is 13.0. The van der Waals surface area contributed by atoms with Gasteiger partial charge in [-0.3, -0.25) is 19.1 Å². The summed E-state index contributed by atoms with van der Waals surface area (Å²) in [6.07, 6.45) is 1.64. The molecule has 2 heterocycles. The lowest BCUT2D eigenvalue weighted by molar-refractivity contribution is 0.0534. The van der Waals surface area contributed by atoms with Gasteiger partial charge in [0.2, 0.25) is 0 Å². The zero-order chi connectivity index (χ0) is 26.5. The van der Waals surface area contributed by atoms with Gasteiger partial charge in [-0.15, -0.1) is 0 Å². The van der Waals surface area contributed by atoms with E-state index in [-0.39, 0.29) is 37.0 Å². The van der Waals surface area contributed by atoms with Crippen LogP contribution in [-0.4, -0.2) is 44.6 Å². The molecule has 0 saturated heterocycles. The number of nitrogens with zero attached hydrogens (tertiary/aromatic N) is 4. The van der Waals surface area contributed by atoms with Gasteiger partial charge in [0.1, 0.15) is 12.0 Å². The molecule has 4 rings (SSSR count). The quantitative estimate of drug-likeness (QED) is 0.369. The summed E-state index contributed by atoms with van der Waals surface area (Å²) < 4.78 is 16.4. The third-order valence-electron chi connectivity index (χ3n) is 6.41. The van der Waals surface area contributed by atoms with Crippen molar-refractivity contribution in [1.29, 1.82) is 0 Å². The van der Waals surface area contributed by atoms with Crippen LogP contribution in [0, 0.1) is 12.8 Å². The maximum Gasteiger partial charge on any atom is 0.263 e. The average Bonchev–Trinajstić information content (AvgIpc) is 2.90. The standard InChI is InChI=1S/C29H32FN5O2/c1-19(2)26(34(18-23(30)15-31)28(36)22-11-9-20(3)10-12-22)27-33-25-13-14-32-16-24(25)29(37)35(27)17-21-7-5-4-6-8-21/h4-14,16,19,23,26H,15,17-18,31H2,1-3H3. The van der Waals surface area contributed by atoms with E-state index >= 15 is 0 Å². The van der Waals surface area contributed by atoms with Crippen LogP contribution in [0.1, 0.15) is 47.2 Å². The number of rotatable bonds is 9. The summed E-state index contributed by atoms with van der Waals surface area (Å²) in [5.74, 6) is -0.134. The van der Waals surface area contributed by atoms with Crippen molar-refractivity contribution < 1.29 is 9.18 Å². The fourth-order valence-electron chi connectivity index (χ4n) is 4.50. The number of hydrogen-bond donors (Lipinski definition) is 1. The third-order valence-corrected chi connectivity index (χ3v) is 6.41. The second kappa shape index (κ2) is 11.4. The number of benzene rings is 2. The Hall–Kier alpha value is -3.91. The Labute approximate surface area is 215 Å². The molecule has 0 fully saturated rings. The summed E-state index contributed by atoms with van der Waals surface area (Å²) in [5, 5.41) is 0.381. The van der Waals surface area contributed by atoms with E-state index in [1.165, 1.54) is 11.1 Å². The molecule has 0 aliphatic carbocycles. The van der Waals surface area contributed by atoms with Gasteiger partial charge in [0, 0.05) is 24.5 Å². The Bertz CT molecular complexity index is 1420. The summed E-state index contributed by atoms with van der Waals surface area (Å²) >= 11 is 0. The third kappa shape index (κ3) is 5.75. The molecule has 4 aromatic rings. The molecule has 2 N–H and O–H groups in total. The fraction of sp³-hybridized carbons (Fsp3) is 0.310. The summed E-state index contributed by atoms with van der Waals surface area (Å²) in [6, 6.07) is 17.7. The van der Waals surface area contributed by atoms with Crippen LogP contribution in [0.5, 0.6) is 0 Å². The van der Waals surface area contributed by atoms with E-state index in [0.717, 1.165) is 11.1 Å². The van der Waals surface area contributed by atoms with Crippen LogP contribution >= 0.6 is 0 Å². The van der Waals surface area contributed by atoms with Crippen LogP contribution in [0.25, 0.3) is 10.9 Å². The lowest BCUT2D eigenvalue weighted by Gasteiger charge is -2.36. The average molecular weight is 502 g/mol. The van der Waals surface area contributed by atoms with E-state index in [0.29, 0.717) is 22.3 Å². The summed E-state index contributed by atoms with van der Waals surface area (Å²) in [6.45, 7) is 5.61. The maximum absolute atomic E-state index is 14.8. The van der Waals surface area contributed by atoms with Gasteiger partial charge in [0.25, 0.3) is 11.5 Å². The van der Waals surface area contributed by atoms with Crippen molar-refractivity contribution in [3.8, 4) is 0 Å². The highest BCUT2D eigenvalue weighted by Crippen LogP contribution is 2.30. The monoisotopic (exact) mass is 501 g/mol. The molecule has 37 heavy (non-hydrogen) atoms. The molecule has 2 aromatic heterocycles. The number of alkyl halides is 1. The molecular formula is C29H32FN5O2. The Morgan fingerprint density at radius 2 is 1.78 bits per heavy atom. The van der Waals surface area contributed by atoms with Gasteiger partial charge >= 0.3 is 0 Å². The Kier molecular flexibility index (Phi) is 8.08. The van der Waals surface area contributed by atoms with Crippen molar-refractivity contribution in [2.75, 3.05) is 13.1 Å². The van der Waals surface area contributed by atoms with Crippen molar-refractivity contribution in [2.24, 2.45) is 11.7 Å². The molecule has 0 aliphatic heterocycles. The predicted molar refractivity (Wildman–Crippen MR) is 143 cm³/mol. The molecule has 0 saturated carbocycles. The maximum atomic E-state index is 14.8. The first-order valence-corrected chi connectivity index (χ1v) is 12.4. The van der Waals surface area contributed by atoms with Gasteiger partial charge in [-0.05, 0) is 36.6 Å². The molecule has 2 unspecified atom stereocenters. The predicted octanol–water partition coefficient (Wildman–Crippen LogP) is 4.28.